The van der Waals surface area contributed by atoms with E-state index in [2.05, 4.69) is 14.9 Å². The molecule has 3 N–H and O–H groups in total. The first-order chi connectivity index (χ1) is 8.36. The third kappa shape index (κ3) is 2.11. The van der Waals surface area contributed by atoms with Gasteiger partial charge in [0.05, 0.1) is 25.5 Å². The molecule has 2 atom stereocenters. The number of aromatic amines is 1. The van der Waals surface area contributed by atoms with Crippen molar-refractivity contribution in [2.45, 2.75) is 18.0 Å². The summed E-state index contributed by atoms with van der Waals surface area (Å²) >= 11 is 0. The molecule has 1 saturated heterocycles. The number of nitrogens with one attached hydrogen (secondary N) is 2. The number of hydrogen-bond acceptors (Lipinski definition) is 5. The summed E-state index contributed by atoms with van der Waals surface area (Å²) in [6.45, 7) is 1.44. The van der Waals surface area contributed by atoms with E-state index in [-0.39, 0.29) is 18.2 Å². The van der Waals surface area contributed by atoms with Crippen LogP contribution < -0.4 is 4.72 Å². The minimum absolute atomic E-state index is 0.0240. The van der Waals surface area contributed by atoms with E-state index >= 15 is 0 Å². The third-order valence-corrected chi connectivity index (χ3v) is 4.41. The maximum absolute atomic E-state index is 11.9. The van der Waals surface area contributed by atoms with E-state index in [1.54, 1.807) is 0 Å². The minimum atomic E-state index is -3.82. The van der Waals surface area contributed by atoms with Gasteiger partial charge in [0.2, 0.25) is 0 Å². The molecule has 0 radical (unpaired) electrons. The van der Waals surface area contributed by atoms with Gasteiger partial charge in [0, 0.05) is 0 Å². The van der Waals surface area contributed by atoms with Crippen molar-refractivity contribution in [2.24, 2.45) is 5.41 Å². The van der Waals surface area contributed by atoms with Crippen LogP contribution in [0, 0.1) is 5.41 Å². The number of aliphatic carboxylic acids is 1. The molecule has 1 aromatic rings. The summed E-state index contributed by atoms with van der Waals surface area (Å²) in [6.07, 6.45) is 1.30. The SMILES string of the molecule is CC1(C(=O)O)COCC1NS(=O)(=O)c1ccn[nH]1. The number of hydrogen-bond donors (Lipinski definition) is 3. The topological polar surface area (TPSA) is 121 Å². The molecule has 0 bridgehead atoms. The molecule has 9 heteroatoms. The van der Waals surface area contributed by atoms with Gasteiger partial charge in [-0.15, -0.1) is 0 Å². The summed E-state index contributed by atoms with van der Waals surface area (Å²) in [7, 11) is -3.82. The molecule has 1 aromatic heterocycles. The second kappa shape index (κ2) is 4.34. The maximum atomic E-state index is 11.9. The Hall–Kier alpha value is -1.45. The average molecular weight is 275 g/mol. The van der Waals surface area contributed by atoms with Gasteiger partial charge in [0.25, 0.3) is 10.0 Å². The number of aromatic nitrogens is 2. The van der Waals surface area contributed by atoms with Crippen molar-refractivity contribution in [3.63, 3.8) is 0 Å². The van der Waals surface area contributed by atoms with Gasteiger partial charge in [-0.1, -0.05) is 0 Å². The van der Waals surface area contributed by atoms with Crippen molar-refractivity contribution >= 4 is 16.0 Å². The number of carbonyl (C=O) groups is 1. The van der Waals surface area contributed by atoms with Crippen LogP contribution in [0.25, 0.3) is 0 Å². The number of ether oxygens (including phenoxy) is 1. The number of nitrogens with zero attached hydrogens (tertiary/aromatic N) is 1. The van der Waals surface area contributed by atoms with Gasteiger partial charge in [0.15, 0.2) is 5.03 Å². The van der Waals surface area contributed by atoms with E-state index < -0.39 is 27.4 Å². The summed E-state index contributed by atoms with van der Waals surface area (Å²) < 4.78 is 31.2. The molecule has 0 spiro atoms. The standard InChI is InChI=1S/C9H13N3O5S/c1-9(8(13)14)5-17-4-6(9)12-18(15,16)7-2-3-10-11-7/h2-3,6,12H,4-5H2,1H3,(H,10,11)(H,13,14). The number of carboxylic acid groups (broad SMARTS) is 1. The first-order valence-electron chi connectivity index (χ1n) is 5.19. The summed E-state index contributed by atoms with van der Waals surface area (Å²) in [5, 5.41) is 14.9. The minimum Gasteiger partial charge on any atom is -0.481 e. The van der Waals surface area contributed by atoms with Crippen molar-refractivity contribution in [3.05, 3.63) is 12.3 Å². The number of H-pyrrole nitrogens is 1. The third-order valence-electron chi connectivity index (χ3n) is 3.01. The lowest BCUT2D eigenvalue weighted by Gasteiger charge is -2.24. The van der Waals surface area contributed by atoms with E-state index in [9.17, 15) is 13.2 Å². The highest BCUT2D eigenvalue weighted by Crippen LogP contribution is 2.29. The van der Waals surface area contributed by atoms with E-state index in [0.29, 0.717) is 0 Å². The predicted molar refractivity (Wildman–Crippen MR) is 59.3 cm³/mol. The average Bonchev–Trinajstić information content (AvgIpc) is 2.89. The van der Waals surface area contributed by atoms with Gasteiger partial charge in [0.1, 0.15) is 5.41 Å². The largest absolute Gasteiger partial charge is 0.481 e. The van der Waals surface area contributed by atoms with Crippen LogP contribution in [0.3, 0.4) is 0 Å². The molecule has 2 rings (SSSR count). The first-order valence-corrected chi connectivity index (χ1v) is 6.67. The van der Waals surface area contributed by atoms with Crippen LogP contribution in [-0.4, -0.2) is 48.9 Å². The molecular weight excluding hydrogens is 262 g/mol. The van der Waals surface area contributed by atoms with Gasteiger partial charge in [-0.2, -0.15) is 5.10 Å². The normalized spacial score (nSPS) is 28.4. The molecule has 2 heterocycles. The number of carboxylic acids is 1. The maximum Gasteiger partial charge on any atom is 0.313 e. The molecule has 0 saturated carbocycles. The zero-order valence-corrected chi connectivity index (χ0v) is 10.4. The highest BCUT2D eigenvalue weighted by Gasteiger charge is 2.48. The van der Waals surface area contributed by atoms with Crippen LogP contribution in [-0.2, 0) is 19.6 Å². The van der Waals surface area contributed by atoms with Crippen molar-refractivity contribution < 1.29 is 23.1 Å². The molecule has 0 amide bonds. The van der Waals surface area contributed by atoms with Crippen LogP contribution in [0.15, 0.2) is 17.3 Å². The Balaban J connectivity index is 2.22. The number of sulfonamides is 1. The zero-order valence-electron chi connectivity index (χ0n) is 9.58. The lowest BCUT2D eigenvalue weighted by Crippen LogP contribution is -2.49. The predicted octanol–water partition coefficient (Wildman–Crippen LogP) is -0.822. The first kappa shape index (κ1) is 13.0. The highest BCUT2D eigenvalue weighted by atomic mass is 32.2. The molecule has 100 valence electrons. The number of rotatable bonds is 4. The lowest BCUT2D eigenvalue weighted by molar-refractivity contribution is -0.148. The van der Waals surface area contributed by atoms with E-state index in [0.717, 1.165) is 0 Å². The van der Waals surface area contributed by atoms with Crippen molar-refractivity contribution in [3.8, 4) is 0 Å². The molecule has 2 unspecified atom stereocenters. The van der Waals surface area contributed by atoms with Crippen LogP contribution in [0.4, 0.5) is 0 Å². The van der Waals surface area contributed by atoms with Crippen LogP contribution in [0.1, 0.15) is 6.92 Å². The molecule has 1 aliphatic heterocycles. The smallest absolute Gasteiger partial charge is 0.313 e. The molecule has 0 aliphatic carbocycles. The molecule has 1 fully saturated rings. The Morgan fingerprint density at radius 1 is 1.72 bits per heavy atom. The van der Waals surface area contributed by atoms with Crippen molar-refractivity contribution in [2.75, 3.05) is 13.2 Å². The quantitative estimate of drug-likeness (QED) is 0.660. The Kier molecular flexibility index (Phi) is 3.13. The van der Waals surface area contributed by atoms with Gasteiger partial charge in [-0.05, 0) is 13.0 Å². The van der Waals surface area contributed by atoms with Gasteiger partial charge in [-0.25, -0.2) is 13.1 Å². The fourth-order valence-electron chi connectivity index (χ4n) is 1.69. The Morgan fingerprint density at radius 2 is 2.44 bits per heavy atom. The molecule has 8 nitrogen and oxygen atoms in total. The second-order valence-corrected chi connectivity index (χ2v) is 6.01. The highest BCUT2D eigenvalue weighted by molar-refractivity contribution is 7.89. The Labute approximate surface area is 103 Å². The summed E-state index contributed by atoms with van der Waals surface area (Å²) in [6, 6.07) is 0.472. The van der Waals surface area contributed by atoms with Gasteiger partial charge < -0.3 is 9.84 Å². The fourth-order valence-corrected chi connectivity index (χ4v) is 2.93. The molecule has 0 aromatic carbocycles. The van der Waals surface area contributed by atoms with Crippen LogP contribution >= 0.6 is 0 Å². The molecular formula is C9H13N3O5S. The van der Waals surface area contributed by atoms with Crippen molar-refractivity contribution in [1.29, 1.82) is 0 Å². The molecule has 18 heavy (non-hydrogen) atoms. The summed E-state index contributed by atoms with van der Waals surface area (Å²) in [5.41, 5.74) is -1.27. The fraction of sp³-hybridized carbons (Fsp3) is 0.556. The Morgan fingerprint density at radius 3 is 3.00 bits per heavy atom. The second-order valence-electron chi connectivity index (χ2n) is 4.33. The summed E-state index contributed by atoms with van der Waals surface area (Å²) in [4.78, 5) is 11.2. The summed E-state index contributed by atoms with van der Waals surface area (Å²) in [5.74, 6) is -1.10. The van der Waals surface area contributed by atoms with Crippen LogP contribution in [0.2, 0.25) is 0 Å². The monoisotopic (exact) mass is 275 g/mol. The Bertz CT molecular complexity index is 541. The van der Waals surface area contributed by atoms with Gasteiger partial charge >= 0.3 is 5.97 Å². The van der Waals surface area contributed by atoms with Crippen molar-refractivity contribution in [1.82, 2.24) is 14.9 Å². The molecule has 1 aliphatic rings. The van der Waals surface area contributed by atoms with Crippen LogP contribution in [0.5, 0.6) is 0 Å². The lowest BCUT2D eigenvalue weighted by atomic mass is 9.86. The van der Waals surface area contributed by atoms with Gasteiger partial charge in [-0.3, -0.25) is 9.89 Å². The van der Waals surface area contributed by atoms with E-state index in [1.807, 2.05) is 0 Å². The van der Waals surface area contributed by atoms with E-state index in [1.165, 1.54) is 19.2 Å². The zero-order chi connectivity index (χ0) is 13.4. The van der Waals surface area contributed by atoms with E-state index in [4.69, 9.17) is 9.84 Å².